The van der Waals surface area contributed by atoms with E-state index in [1.165, 1.54) is 24.3 Å². The second kappa shape index (κ2) is 6.02. The Morgan fingerprint density at radius 2 is 1.83 bits per heavy atom. The molecule has 0 atom stereocenters. The molecule has 118 valence electrons. The molecule has 0 aliphatic rings. The van der Waals surface area contributed by atoms with Crippen LogP contribution in [0, 0.1) is 0 Å². The first-order valence-electron chi connectivity index (χ1n) is 6.92. The molecule has 0 saturated heterocycles. The lowest BCUT2D eigenvalue weighted by atomic mass is 10.1. The van der Waals surface area contributed by atoms with Gasteiger partial charge < -0.3 is 24.5 Å². The lowest BCUT2D eigenvalue weighted by Crippen LogP contribution is -2.03. The number of benzene rings is 2. The first kappa shape index (κ1) is 14.9. The van der Waals surface area contributed by atoms with E-state index in [0.29, 0.717) is 22.3 Å². The highest BCUT2D eigenvalue weighted by Gasteiger charge is 2.10. The van der Waals surface area contributed by atoms with Crippen LogP contribution in [-0.2, 0) is 0 Å². The Labute approximate surface area is 130 Å². The van der Waals surface area contributed by atoms with Crippen LogP contribution in [0.1, 0.15) is 0 Å². The standard InChI is InChI=1S/C17H14O6/c18-5-6-22-11-2-3-12-14(20)9-16(23-17(12)8-11)10-1-4-13(19)15(21)7-10/h1-4,7-9,18-19,21H,5-6H2. The van der Waals surface area contributed by atoms with Crippen LogP contribution in [0.15, 0.2) is 51.7 Å². The highest BCUT2D eigenvalue weighted by Crippen LogP contribution is 2.31. The fourth-order valence-corrected chi connectivity index (χ4v) is 2.21. The molecule has 2 aromatic carbocycles. The quantitative estimate of drug-likeness (QED) is 0.639. The van der Waals surface area contributed by atoms with Gasteiger partial charge in [0.05, 0.1) is 12.0 Å². The summed E-state index contributed by atoms with van der Waals surface area (Å²) in [4.78, 5) is 12.2. The minimum Gasteiger partial charge on any atom is -0.504 e. The van der Waals surface area contributed by atoms with Crippen LogP contribution in [0.4, 0.5) is 0 Å². The van der Waals surface area contributed by atoms with Crippen molar-refractivity contribution in [3.8, 4) is 28.6 Å². The van der Waals surface area contributed by atoms with E-state index in [2.05, 4.69) is 0 Å². The SMILES string of the molecule is O=c1cc(-c2ccc(O)c(O)c2)oc2cc(OCCO)ccc12. The van der Waals surface area contributed by atoms with E-state index in [1.807, 2.05) is 0 Å². The zero-order valence-electron chi connectivity index (χ0n) is 12.0. The summed E-state index contributed by atoms with van der Waals surface area (Å²) in [7, 11) is 0. The zero-order chi connectivity index (χ0) is 16.4. The molecule has 1 aromatic heterocycles. The fraction of sp³-hybridized carbons (Fsp3) is 0.118. The van der Waals surface area contributed by atoms with Gasteiger partial charge >= 0.3 is 0 Å². The molecule has 6 nitrogen and oxygen atoms in total. The number of phenolic OH excluding ortho intramolecular Hbond substituents is 2. The van der Waals surface area contributed by atoms with Gasteiger partial charge in [0.25, 0.3) is 0 Å². The normalized spacial score (nSPS) is 10.8. The predicted molar refractivity (Wildman–Crippen MR) is 83.8 cm³/mol. The average Bonchev–Trinajstić information content (AvgIpc) is 2.55. The highest BCUT2D eigenvalue weighted by atomic mass is 16.5. The Kier molecular flexibility index (Phi) is 3.91. The second-order valence-corrected chi connectivity index (χ2v) is 4.91. The molecule has 0 bridgehead atoms. The minimum absolute atomic E-state index is 0.116. The summed E-state index contributed by atoms with van der Waals surface area (Å²) in [5.74, 6) is 0.180. The Hall–Kier alpha value is -2.99. The number of rotatable bonds is 4. The van der Waals surface area contributed by atoms with Gasteiger partial charge in [-0.1, -0.05) is 0 Å². The summed E-state index contributed by atoms with van der Waals surface area (Å²) in [5, 5.41) is 28.1. The number of ether oxygens (including phenoxy) is 1. The average molecular weight is 314 g/mol. The van der Waals surface area contributed by atoms with Crippen molar-refractivity contribution in [2.24, 2.45) is 0 Å². The Morgan fingerprint density at radius 3 is 2.57 bits per heavy atom. The number of phenols is 2. The van der Waals surface area contributed by atoms with E-state index in [0.717, 1.165) is 0 Å². The van der Waals surface area contributed by atoms with Crippen molar-refractivity contribution >= 4 is 11.0 Å². The van der Waals surface area contributed by atoms with E-state index in [1.54, 1.807) is 18.2 Å². The van der Waals surface area contributed by atoms with Crippen molar-refractivity contribution in [2.45, 2.75) is 0 Å². The molecule has 0 amide bonds. The molecule has 3 aromatic rings. The maximum Gasteiger partial charge on any atom is 0.193 e. The molecular formula is C17H14O6. The third-order valence-corrected chi connectivity index (χ3v) is 3.32. The fourth-order valence-electron chi connectivity index (χ4n) is 2.21. The molecule has 6 heteroatoms. The molecule has 0 unspecified atom stereocenters. The van der Waals surface area contributed by atoms with Crippen LogP contribution in [-0.4, -0.2) is 28.5 Å². The Balaban J connectivity index is 2.11. The summed E-state index contributed by atoms with van der Waals surface area (Å²) in [6.07, 6.45) is 0. The zero-order valence-corrected chi connectivity index (χ0v) is 12.0. The molecular weight excluding hydrogens is 300 g/mol. The molecule has 0 spiro atoms. The molecule has 0 saturated carbocycles. The van der Waals surface area contributed by atoms with Gasteiger partial charge in [-0.15, -0.1) is 0 Å². The monoisotopic (exact) mass is 314 g/mol. The largest absolute Gasteiger partial charge is 0.504 e. The van der Waals surface area contributed by atoms with Gasteiger partial charge in [0, 0.05) is 17.7 Å². The van der Waals surface area contributed by atoms with Gasteiger partial charge in [0.2, 0.25) is 0 Å². The molecule has 3 N–H and O–H groups in total. The molecule has 0 aliphatic carbocycles. The van der Waals surface area contributed by atoms with Gasteiger partial charge in [-0.05, 0) is 30.3 Å². The maximum absolute atomic E-state index is 12.2. The van der Waals surface area contributed by atoms with Gasteiger partial charge in [-0.2, -0.15) is 0 Å². The van der Waals surface area contributed by atoms with Crippen LogP contribution in [0.3, 0.4) is 0 Å². The van der Waals surface area contributed by atoms with Crippen LogP contribution >= 0.6 is 0 Å². The summed E-state index contributed by atoms with van der Waals surface area (Å²) in [6.45, 7) is 0.0239. The van der Waals surface area contributed by atoms with Crippen molar-refractivity contribution in [1.82, 2.24) is 0 Å². The van der Waals surface area contributed by atoms with Crippen molar-refractivity contribution in [2.75, 3.05) is 13.2 Å². The topological polar surface area (TPSA) is 100 Å². The summed E-state index contributed by atoms with van der Waals surface area (Å²) < 4.78 is 11.0. The predicted octanol–water partition coefficient (Wildman–Crippen LogP) is 2.24. The lowest BCUT2D eigenvalue weighted by Gasteiger charge is -2.07. The summed E-state index contributed by atoms with van der Waals surface area (Å²) in [6, 6.07) is 10.3. The molecule has 0 fully saturated rings. The first-order valence-corrected chi connectivity index (χ1v) is 6.92. The van der Waals surface area contributed by atoms with Crippen molar-refractivity contribution in [3.63, 3.8) is 0 Å². The number of hydrogen-bond donors (Lipinski definition) is 3. The van der Waals surface area contributed by atoms with Gasteiger partial charge in [-0.3, -0.25) is 4.79 Å². The van der Waals surface area contributed by atoms with Gasteiger partial charge in [-0.25, -0.2) is 0 Å². The van der Waals surface area contributed by atoms with Crippen molar-refractivity contribution in [1.29, 1.82) is 0 Å². The molecule has 3 rings (SSSR count). The van der Waals surface area contributed by atoms with E-state index >= 15 is 0 Å². The van der Waals surface area contributed by atoms with Gasteiger partial charge in [0.1, 0.15) is 23.7 Å². The van der Waals surface area contributed by atoms with E-state index in [9.17, 15) is 15.0 Å². The maximum atomic E-state index is 12.2. The van der Waals surface area contributed by atoms with Crippen LogP contribution in [0.25, 0.3) is 22.3 Å². The van der Waals surface area contributed by atoms with Crippen molar-refractivity contribution in [3.05, 3.63) is 52.7 Å². The lowest BCUT2D eigenvalue weighted by molar-refractivity contribution is 0.201. The Bertz CT molecular complexity index is 913. The number of aliphatic hydroxyl groups excluding tert-OH is 1. The molecule has 0 radical (unpaired) electrons. The van der Waals surface area contributed by atoms with Gasteiger partial charge in [0.15, 0.2) is 16.9 Å². The number of aliphatic hydroxyl groups is 1. The Morgan fingerprint density at radius 1 is 1.00 bits per heavy atom. The summed E-state index contributed by atoms with van der Waals surface area (Å²) >= 11 is 0. The van der Waals surface area contributed by atoms with Crippen LogP contribution in [0.2, 0.25) is 0 Å². The van der Waals surface area contributed by atoms with E-state index in [4.69, 9.17) is 14.3 Å². The smallest absolute Gasteiger partial charge is 0.193 e. The molecule has 23 heavy (non-hydrogen) atoms. The second-order valence-electron chi connectivity index (χ2n) is 4.91. The minimum atomic E-state index is -0.301. The number of aromatic hydroxyl groups is 2. The molecule has 1 heterocycles. The molecule has 0 aliphatic heterocycles. The van der Waals surface area contributed by atoms with Crippen LogP contribution in [0.5, 0.6) is 17.2 Å². The van der Waals surface area contributed by atoms with Crippen LogP contribution < -0.4 is 10.2 Å². The number of fused-ring (bicyclic) bond motifs is 1. The number of hydrogen-bond acceptors (Lipinski definition) is 6. The third kappa shape index (κ3) is 2.97. The third-order valence-electron chi connectivity index (χ3n) is 3.32. The highest BCUT2D eigenvalue weighted by molar-refractivity contribution is 5.80. The van der Waals surface area contributed by atoms with Crippen molar-refractivity contribution < 1.29 is 24.5 Å². The van der Waals surface area contributed by atoms with E-state index in [-0.39, 0.29) is 35.9 Å². The van der Waals surface area contributed by atoms with E-state index < -0.39 is 0 Å². The summed E-state index contributed by atoms with van der Waals surface area (Å²) in [5.41, 5.74) is 0.555. The first-order chi connectivity index (χ1) is 11.1.